The summed E-state index contributed by atoms with van der Waals surface area (Å²) >= 11 is 0. The van der Waals surface area contributed by atoms with Crippen LogP contribution in [-0.4, -0.2) is 52.1 Å². The molecule has 1 aromatic heterocycles. The van der Waals surface area contributed by atoms with Crippen LogP contribution in [0.2, 0.25) is 0 Å². The first-order chi connectivity index (χ1) is 10.5. The highest BCUT2D eigenvalue weighted by atomic mass is 16.4. The molecule has 2 atom stereocenters. The van der Waals surface area contributed by atoms with E-state index >= 15 is 0 Å². The molecule has 0 aliphatic carbocycles. The number of carbonyl (C=O) groups excluding carboxylic acids is 1. The Morgan fingerprint density at radius 1 is 1.27 bits per heavy atom. The minimum absolute atomic E-state index is 0.141. The zero-order valence-corrected chi connectivity index (χ0v) is 12.6. The van der Waals surface area contributed by atoms with Gasteiger partial charge < -0.3 is 15.0 Å². The SMILES string of the molecule is CN1C[C@@H](NC(=O)c2cccc3c2ccn3C)C[C@H]1C(=O)O. The number of aryl methyl sites for hydroxylation is 1. The lowest BCUT2D eigenvalue weighted by atomic mass is 10.1. The lowest BCUT2D eigenvalue weighted by Gasteiger charge is -2.14. The van der Waals surface area contributed by atoms with E-state index in [0.717, 1.165) is 10.9 Å². The van der Waals surface area contributed by atoms with Gasteiger partial charge in [-0.05, 0) is 31.7 Å². The Labute approximate surface area is 128 Å². The van der Waals surface area contributed by atoms with Gasteiger partial charge in [0.25, 0.3) is 5.91 Å². The second-order valence-corrected chi connectivity index (χ2v) is 5.86. The van der Waals surface area contributed by atoms with Gasteiger partial charge in [-0.1, -0.05) is 6.07 Å². The zero-order chi connectivity index (χ0) is 15.9. The van der Waals surface area contributed by atoms with E-state index in [1.54, 1.807) is 18.0 Å². The molecular formula is C16H19N3O3. The van der Waals surface area contributed by atoms with Gasteiger partial charge in [-0.3, -0.25) is 14.5 Å². The number of likely N-dealkylation sites (N-methyl/N-ethyl adjacent to an activating group) is 1. The summed E-state index contributed by atoms with van der Waals surface area (Å²) in [7, 11) is 3.70. The fourth-order valence-electron chi connectivity index (χ4n) is 3.16. The average Bonchev–Trinajstić information content (AvgIpc) is 3.02. The van der Waals surface area contributed by atoms with E-state index in [0.29, 0.717) is 18.5 Å². The molecule has 0 bridgehead atoms. The first-order valence-corrected chi connectivity index (χ1v) is 7.25. The number of fused-ring (bicyclic) bond motifs is 1. The lowest BCUT2D eigenvalue weighted by molar-refractivity contribution is -0.141. The molecule has 0 saturated carbocycles. The number of benzene rings is 1. The van der Waals surface area contributed by atoms with E-state index in [2.05, 4.69) is 5.32 Å². The van der Waals surface area contributed by atoms with Gasteiger partial charge in [-0.25, -0.2) is 0 Å². The molecule has 3 rings (SSSR count). The Morgan fingerprint density at radius 2 is 2.05 bits per heavy atom. The van der Waals surface area contributed by atoms with Crippen molar-refractivity contribution in [1.29, 1.82) is 0 Å². The monoisotopic (exact) mass is 301 g/mol. The summed E-state index contributed by atoms with van der Waals surface area (Å²) in [4.78, 5) is 25.4. The molecule has 2 aromatic rings. The van der Waals surface area contributed by atoms with Crippen LogP contribution in [0.25, 0.3) is 10.9 Å². The quantitative estimate of drug-likeness (QED) is 0.889. The number of nitrogens with zero attached hydrogens (tertiary/aromatic N) is 2. The minimum Gasteiger partial charge on any atom is -0.480 e. The Balaban J connectivity index is 1.79. The molecule has 0 unspecified atom stereocenters. The highest BCUT2D eigenvalue weighted by Gasteiger charge is 2.35. The highest BCUT2D eigenvalue weighted by molar-refractivity contribution is 6.06. The van der Waals surface area contributed by atoms with Crippen molar-refractivity contribution in [2.24, 2.45) is 7.05 Å². The van der Waals surface area contributed by atoms with E-state index in [4.69, 9.17) is 5.11 Å². The Bertz CT molecular complexity index is 737. The molecule has 6 nitrogen and oxygen atoms in total. The van der Waals surface area contributed by atoms with Gasteiger partial charge in [-0.15, -0.1) is 0 Å². The summed E-state index contributed by atoms with van der Waals surface area (Å²) in [5.41, 5.74) is 1.62. The van der Waals surface area contributed by atoms with Gasteiger partial charge in [0, 0.05) is 42.3 Å². The molecule has 2 N–H and O–H groups in total. The normalized spacial score (nSPS) is 22.1. The van der Waals surface area contributed by atoms with Crippen LogP contribution in [0.5, 0.6) is 0 Å². The van der Waals surface area contributed by atoms with Crippen molar-refractivity contribution in [3.05, 3.63) is 36.0 Å². The second kappa shape index (κ2) is 5.46. The largest absolute Gasteiger partial charge is 0.480 e. The maximum absolute atomic E-state index is 12.5. The number of rotatable bonds is 3. The van der Waals surface area contributed by atoms with Crippen LogP contribution >= 0.6 is 0 Å². The molecule has 1 fully saturated rings. The van der Waals surface area contributed by atoms with Crippen molar-refractivity contribution in [2.45, 2.75) is 18.5 Å². The highest BCUT2D eigenvalue weighted by Crippen LogP contribution is 2.21. The van der Waals surface area contributed by atoms with E-state index in [9.17, 15) is 9.59 Å². The first kappa shape index (κ1) is 14.6. The van der Waals surface area contributed by atoms with Crippen molar-refractivity contribution >= 4 is 22.8 Å². The molecule has 0 radical (unpaired) electrons. The fourth-order valence-corrected chi connectivity index (χ4v) is 3.16. The van der Waals surface area contributed by atoms with E-state index < -0.39 is 12.0 Å². The Kier molecular flexibility index (Phi) is 3.62. The average molecular weight is 301 g/mol. The summed E-state index contributed by atoms with van der Waals surface area (Å²) in [6.45, 7) is 0.549. The Hall–Kier alpha value is -2.34. The molecule has 116 valence electrons. The second-order valence-electron chi connectivity index (χ2n) is 5.86. The van der Waals surface area contributed by atoms with Crippen LogP contribution in [0.1, 0.15) is 16.8 Å². The summed E-state index contributed by atoms with van der Waals surface area (Å²) in [6.07, 6.45) is 2.35. The molecular weight excluding hydrogens is 282 g/mol. The van der Waals surface area contributed by atoms with Crippen molar-refractivity contribution in [3.8, 4) is 0 Å². The number of carboxylic acid groups (broad SMARTS) is 1. The number of carboxylic acids is 1. The Morgan fingerprint density at radius 3 is 2.73 bits per heavy atom. The number of aliphatic carboxylic acids is 1. The number of amides is 1. The summed E-state index contributed by atoms with van der Waals surface area (Å²) in [5.74, 6) is -0.995. The van der Waals surface area contributed by atoms with Gasteiger partial charge in [0.15, 0.2) is 0 Å². The van der Waals surface area contributed by atoms with Gasteiger partial charge in [-0.2, -0.15) is 0 Å². The van der Waals surface area contributed by atoms with Crippen molar-refractivity contribution in [1.82, 2.24) is 14.8 Å². The predicted molar refractivity (Wildman–Crippen MR) is 82.8 cm³/mol. The minimum atomic E-state index is -0.843. The first-order valence-electron chi connectivity index (χ1n) is 7.25. The number of aromatic nitrogens is 1. The molecule has 22 heavy (non-hydrogen) atoms. The topological polar surface area (TPSA) is 74.6 Å². The van der Waals surface area contributed by atoms with Crippen LogP contribution in [0.3, 0.4) is 0 Å². The number of nitrogens with one attached hydrogen (secondary N) is 1. The van der Waals surface area contributed by atoms with Crippen LogP contribution in [0.15, 0.2) is 30.5 Å². The van der Waals surface area contributed by atoms with Gasteiger partial charge in [0.2, 0.25) is 0 Å². The van der Waals surface area contributed by atoms with Crippen molar-refractivity contribution < 1.29 is 14.7 Å². The van der Waals surface area contributed by atoms with Crippen LogP contribution in [0, 0.1) is 0 Å². The molecule has 1 saturated heterocycles. The van der Waals surface area contributed by atoms with Crippen LogP contribution < -0.4 is 5.32 Å². The standard InChI is InChI=1S/C16H19N3O3/c1-18-7-6-11-12(4-3-5-13(11)18)15(20)17-10-8-14(16(21)22)19(2)9-10/h3-7,10,14H,8-9H2,1-2H3,(H,17,20)(H,21,22)/t10-,14-/m0/s1. The molecule has 1 amide bonds. The van der Waals surface area contributed by atoms with E-state index in [1.807, 2.05) is 36.0 Å². The lowest BCUT2D eigenvalue weighted by Crippen LogP contribution is -2.36. The van der Waals surface area contributed by atoms with E-state index in [-0.39, 0.29) is 11.9 Å². The number of hydrogen-bond donors (Lipinski definition) is 2. The number of likely N-dealkylation sites (tertiary alicyclic amines) is 1. The number of hydrogen-bond acceptors (Lipinski definition) is 3. The van der Waals surface area contributed by atoms with Gasteiger partial charge >= 0.3 is 5.97 Å². The molecule has 1 aliphatic heterocycles. The maximum atomic E-state index is 12.5. The molecule has 6 heteroatoms. The van der Waals surface area contributed by atoms with E-state index in [1.165, 1.54) is 0 Å². The third-order valence-corrected chi connectivity index (χ3v) is 4.34. The summed E-state index contributed by atoms with van der Waals surface area (Å²) in [5, 5.41) is 13.0. The fraction of sp³-hybridized carbons (Fsp3) is 0.375. The van der Waals surface area contributed by atoms with Gasteiger partial charge in [0.1, 0.15) is 6.04 Å². The van der Waals surface area contributed by atoms with Crippen molar-refractivity contribution in [3.63, 3.8) is 0 Å². The number of carbonyl (C=O) groups is 2. The smallest absolute Gasteiger partial charge is 0.320 e. The van der Waals surface area contributed by atoms with Crippen LogP contribution in [0.4, 0.5) is 0 Å². The molecule has 2 heterocycles. The third-order valence-electron chi connectivity index (χ3n) is 4.34. The van der Waals surface area contributed by atoms with Gasteiger partial charge in [0.05, 0.1) is 0 Å². The predicted octanol–water partition coefficient (Wildman–Crippen LogP) is 1.07. The molecule has 0 spiro atoms. The third kappa shape index (κ3) is 2.46. The van der Waals surface area contributed by atoms with Crippen LogP contribution in [-0.2, 0) is 11.8 Å². The molecule has 1 aromatic carbocycles. The summed E-state index contributed by atoms with van der Waals surface area (Å²) in [6, 6.07) is 6.87. The van der Waals surface area contributed by atoms with Crippen molar-refractivity contribution in [2.75, 3.05) is 13.6 Å². The zero-order valence-electron chi connectivity index (χ0n) is 12.6. The summed E-state index contributed by atoms with van der Waals surface area (Å²) < 4.78 is 1.97. The maximum Gasteiger partial charge on any atom is 0.320 e. The molecule has 1 aliphatic rings.